The number of benzene rings is 1. The fourth-order valence-corrected chi connectivity index (χ4v) is 5.94. The van der Waals surface area contributed by atoms with Crippen molar-refractivity contribution in [3.63, 3.8) is 0 Å². The lowest BCUT2D eigenvalue weighted by atomic mass is 10.00. The van der Waals surface area contributed by atoms with Crippen LogP contribution in [0, 0.1) is 0 Å². The van der Waals surface area contributed by atoms with Gasteiger partial charge in [0.25, 0.3) is 0 Å². The number of likely N-dealkylation sites (tertiary alicyclic amines) is 1. The zero-order valence-electron chi connectivity index (χ0n) is 21.2. The fourth-order valence-electron chi connectivity index (χ4n) is 5.37. The standard InChI is InChI=1S/C26H32Cl2N6O2.ClH/c1-3-36-26(35)24-23-25(34(31-24)17(2)20-8-7-18(27)15-21(20)28)30-22(16-29-23)33-13-9-19(10-14-33)32-11-5-4-6-12-32;/h7-8,15-17,19H,3-6,9-14H2,1-2H3;1H. The molecule has 0 radical (unpaired) electrons. The molecule has 1 unspecified atom stereocenters. The summed E-state index contributed by atoms with van der Waals surface area (Å²) in [7, 11) is 0. The third-order valence-corrected chi connectivity index (χ3v) is 7.90. The molecule has 4 heterocycles. The van der Waals surface area contributed by atoms with Gasteiger partial charge in [-0.1, -0.05) is 35.7 Å². The van der Waals surface area contributed by atoms with Gasteiger partial charge in [0.2, 0.25) is 0 Å². The highest BCUT2D eigenvalue weighted by atomic mass is 35.5. The predicted octanol–water partition coefficient (Wildman–Crippen LogP) is 5.80. The van der Waals surface area contributed by atoms with E-state index < -0.39 is 5.97 Å². The number of rotatable bonds is 6. The lowest BCUT2D eigenvalue weighted by Crippen LogP contribution is -2.47. The normalized spacial score (nSPS) is 18.0. The lowest BCUT2D eigenvalue weighted by Gasteiger charge is -2.40. The van der Waals surface area contributed by atoms with Crippen molar-refractivity contribution in [1.82, 2.24) is 24.6 Å². The third kappa shape index (κ3) is 5.82. The van der Waals surface area contributed by atoms with Crippen LogP contribution in [0.15, 0.2) is 24.4 Å². The van der Waals surface area contributed by atoms with E-state index in [0.717, 1.165) is 37.3 Å². The number of esters is 1. The Hall–Kier alpha value is -2.13. The van der Waals surface area contributed by atoms with Gasteiger partial charge >= 0.3 is 5.97 Å². The molecule has 0 spiro atoms. The molecule has 0 N–H and O–H groups in total. The molecule has 2 aliphatic heterocycles. The predicted molar refractivity (Wildman–Crippen MR) is 149 cm³/mol. The van der Waals surface area contributed by atoms with Crippen LogP contribution in [0.5, 0.6) is 0 Å². The number of halogens is 3. The maximum atomic E-state index is 12.7. The summed E-state index contributed by atoms with van der Waals surface area (Å²) in [4.78, 5) is 27.3. The monoisotopic (exact) mass is 566 g/mol. The van der Waals surface area contributed by atoms with E-state index in [9.17, 15) is 4.79 Å². The summed E-state index contributed by atoms with van der Waals surface area (Å²) >= 11 is 12.6. The van der Waals surface area contributed by atoms with E-state index >= 15 is 0 Å². The molecule has 2 aromatic heterocycles. The minimum absolute atomic E-state index is 0. The van der Waals surface area contributed by atoms with Crippen LogP contribution in [-0.4, -0.2) is 69.4 Å². The first-order chi connectivity index (χ1) is 17.5. The second-order valence-electron chi connectivity index (χ2n) is 9.57. The zero-order chi connectivity index (χ0) is 25.2. The Morgan fingerprint density at radius 2 is 1.86 bits per heavy atom. The van der Waals surface area contributed by atoms with Crippen molar-refractivity contribution in [2.24, 2.45) is 0 Å². The minimum atomic E-state index is -0.514. The second kappa shape index (κ2) is 12.2. The highest BCUT2D eigenvalue weighted by molar-refractivity contribution is 6.35. The van der Waals surface area contributed by atoms with Crippen molar-refractivity contribution in [3.8, 4) is 0 Å². The van der Waals surface area contributed by atoms with Crippen LogP contribution in [0.3, 0.4) is 0 Å². The highest BCUT2D eigenvalue weighted by Gasteiger charge is 2.29. The van der Waals surface area contributed by atoms with Crippen molar-refractivity contribution >= 4 is 58.6 Å². The Morgan fingerprint density at radius 1 is 1.14 bits per heavy atom. The molecule has 0 aliphatic carbocycles. The van der Waals surface area contributed by atoms with Gasteiger partial charge in [0, 0.05) is 29.2 Å². The summed E-state index contributed by atoms with van der Waals surface area (Å²) < 4.78 is 6.97. The number of fused-ring (bicyclic) bond motifs is 1. The number of aromatic nitrogens is 4. The maximum Gasteiger partial charge on any atom is 0.361 e. The largest absolute Gasteiger partial charge is 0.461 e. The molecule has 8 nitrogen and oxygen atoms in total. The van der Waals surface area contributed by atoms with Gasteiger partial charge in [0.05, 0.1) is 18.8 Å². The van der Waals surface area contributed by atoms with Crippen molar-refractivity contribution < 1.29 is 9.53 Å². The molecule has 2 aliphatic rings. The quantitative estimate of drug-likeness (QED) is 0.349. The number of carbonyl (C=O) groups excluding carboxylic acids is 1. The summed E-state index contributed by atoms with van der Waals surface area (Å²) in [6.07, 6.45) is 7.95. The van der Waals surface area contributed by atoms with Crippen LogP contribution < -0.4 is 4.90 Å². The van der Waals surface area contributed by atoms with Crippen molar-refractivity contribution in [2.45, 2.75) is 58.0 Å². The highest BCUT2D eigenvalue weighted by Crippen LogP contribution is 2.32. The number of anilines is 1. The molecule has 0 saturated carbocycles. The Balaban J connectivity index is 0.00000320. The molecule has 0 amide bonds. The van der Waals surface area contributed by atoms with Gasteiger partial charge in [-0.2, -0.15) is 5.10 Å². The maximum absolute atomic E-state index is 12.7. The molecular weight excluding hydrogens is 535 g/mol. The average molecular weight is 568 g/mol. The molecule has 0 bridgehead atoms. The van der Waals surface area contributed by atoms with Crippen LogP contribution in [0.2, 0.25) is 10.0 Å². The van der Waals surface area contributed by atoms with Crippen LogP contribution in [0.4, 0.5) is 5.82 Å². The Labute approximate surface area is 233 Å². The second-order valence-corrected chi connectivity index (χ2v) is 10.4. The van der Waals surface area contributed by atoms with E-state index in [1.807, 2.05) is 13.0 Å². The van der Waals surface area contributed by atoms with Crippen LogP contribution >= 0.6 is 35.6 Å². The number of piperidine rings is 2. The van der Waals surface area contributed by atoms with Gasteiger partial charge in [0.1, 0.15) is 11.3 Å². The van der Waals surface area contributed by atoms with Gasteiger partial charge in [-0.15, -0.1) is 12.4 Å². The topological polar surface area (TPSA) is 76.4 Å². The van der Waals surface area contributed by atoms with E-state index in [0.29, 0.717) is 27.3 Å². The first-order valence-corrected chi connectivity index (χ1v) is 13.6. The number of hydrogen-bond donors (Lipinski definition) is 0. The van der Waals surface area contributed by atoms with Gasteiger partial charge in [-0.25, -0.2) is 19.4 Å². The first-order valence-electron chi connectivity index (χ1n) is 12.8. The van der Waals surface area contributed by atoms with Gasteiger partial charge in [-0.3, -0.25) is 0 Å². The summed E-state index contributed by atoms with van der Waals surface area (Å²) in [6.45, 7) is 8.29. The smallest absolute Gasteiger partial charge is 0.361 e. The van der Waals surface area contributed by atoms with E-state index in [-0.39, 0.29) is 30.7 Å². The molecule has 37 heavy (non-hydrogen) atoms. The van der Waals surface area contributed by atoms with E-state index in [1.54, 1.807) is 29.9 Å². The van der Waals surface area contributed by atoms with E-state index in [4.69, 9.17) is 32.9 Å². The van der Waals surface area contributed by atoms with Crippen LogP contribution in [0.1, 0.15) is 68.0 Å². The molecular formula is C26H33Cl3N6O2. The summed E-state index contributed by atoms with van der Waals surface area (Å²) in [5.41, 5.74) is 1.95. The molecule has 2 fully saturated rings. The number of hydrogen-bond acceptors (Lipinski definition) is 7. The Morgan fingerprint density at radius 3 is 2.54 bits per heavy atom. The van der Waals surface area contributed by atoms with Gasteiger partial charge in [-0.05, 0) is 70.3 Å². The molecule has 3 aromatic rings. The van der Waals surface area contributed by atoms with E-state index in [2.05, 4.69) is 19.9 Å². The van der Waals surface area contributed by atoms with Gasteiger partial charge < -0.3 is 14.5 Å². The van der Waals surface area contributed by atoms with Crippen molar-refractivity contribution in [3.05, 3.63) is 45.7 Å². The SMILES string of the molecule is CCOC(=O)c1nn(C(C)c2ccc(Cl)cc2Cl)c2nc(N3CCC(N4CCCCC4)CC3)cnc12.Cl. The first kappa shape index (κ1) is 27.9. The fraction of sp³-hybridized carbons (Fsp3) is 0.538. The molecule has 200 valence electrons. The number of carbonyl (C=O) groups is 1. The molecule has 1 aromatic carbocycles. The molecule has 5 rings (SSSR count). The minimum Gasteiger partial charge on any atom is -0.461 e. The number of nitrogens with zero attached hydrogens (tertiary/aromatic N) is 6. The molecule has 2 saturated heterocycles. The van der Waals surface area contributed by atoms with Crippen molar-refractivity contribution in [1.29, 1.82) is 0 Å². The zero-order valence-corrected chi connectivity index (χ0v) is 23.5. The summed E-state index contributed by atoms with van der Waals surface area (Å²) in [5, 5.41) is 5.69. The summed E-state index contributed by atoms with van der Waals surface area (Å²) in [6, 6.07) is 5.72. The Bertz CT molecular complexity index is 1240. The Kier molecular flexibility index (Phi) is 9.16. The van der Waals surface area contributed by atoms with Crippen molar-refractivity contribution in [2.75, 3.05) is 37.7 Å². The molecule has 11 heteroatoms. The average Bonchev–Trinajstić information content (AvgIpc) is 3.28. The van der Waals surface area contributed by atoms with Crippen LogP contribution in [-0.2, 0) is 4.74 Å². The summed E-state index contributed by atoms with van der Waals surface area (Å²) in [5.74, 6) is 0.283. The third-order valence-electron chi connectivity index (χ3n) is 7.33. The molecule has 1 atom stereocenters. The lowest BCUT2D eigenvalue weighted by molar-refractivity contribution is 0.0520. The van der Waals surface area contributed by atoms with Gasteiger partial charge in [0.15, 0.2) is 11.3 Å². The van der Waals surface area contributed by atoms with Crippen LogP contribution in [0.25, 0.3) is 11.2 Å². The van der Waals surface area contributed by atoms with E-state index in [1.165, 1.54) is 32.4 Å². The number of ether oxygens (including phenoxy) is 1.